The van der Waals surface area contributed by atoms with Crippen molar-refractivity contribution < 1.29 is 29.0 Å². The van der Waals surface area contributed by atoms with Crippen LogP contribution in [0.4, 0.5) is 5.69 Å². The number of likely N-dealkylation sites (tertiary alicyclic amines) is 1. The van der Waals surface area contributed by atoms with E-state index in [0.29, 0.717) is 37.8 Å². The van der Waals surface area contributed by atoms with Crippen molar-refractivity contribution in [3.8, 4) is 0 Å². The highest BCUT2D eigenvalue weighted by molar-refractivity contribution is 6.05. The molecule has 7 atom stereocenters. The van der Waals surface area contributed by atoms with Crippen molar-refractivity contribution in [3.63, 3.8) is 0 Å². The Morgan fingerprint density at radius 2 is 1.91 bits per heavy atom. The molecule has 0 saturated carbocycles. The van der Waals surface area contributed by atoms with E-state index in [1.54, 1.807) is 22.0 Å². The van der Waals surface area contributed by atoms with Crippen molar-refractivity contribution in [1.29, 1.82) is 0 Å². The molecule has 2 aromatic carbocycles. The number of amides is 2. The first-order valence-electron chi connectivity index (χ1n) is 15.5. The maximum absolute atomic E-state index is 15.0. The minimum absolute atomic E-state index is 0.0941. The lowest BCUT2D eigenvalue weighted by atomic mass is 9.65. The molecule has 0 aromatic heterocycles. The van der Waals surface area contributed by atoms with E-state index in [2.05, 4.69) is 13.2 Å². The molecule has 43 heavy (non-hydrogen) atoms. The Labute approximate surface area is 254 Å². The van der Waals surface area contributed by atoms with Crippen molar-refractivity contribution in [2.75, 3.05) is 24.7 Å². The quantitative estimate of drug-likeness (QED) is 0.200. The molecule has 8 nitrogen and oxygen atoms in total. The van der Waals surface area contributed by atoms with Crippen LogP contribution in [0.15, 0.2) is 67.8 Å². The number of esters is 1. The number of rotatable bonds is 13. The van der Waals surface area contributed by atoms with E-state index in [-0.39, 0.29) is 37.5 Å². The van der Waals surface area contributed by atoms with Crippen LogP contribution in [-0.4, -0.2) is 70.8 Å². The molecule has 3 fully saturated rings. The molecule has 3 saturated heterocycles. The van der Waals surface area contributed by atoms with Crippen LogP contribution in [0.1, 0.15) is 52.9 Å². The highest BCUT2D eigenvalue weighted by Crippen LogP contribution is 2.65. The monoisotopic (exact) mass is 588 g/mol. The number of carbonyl (C=O) groups is 3. The molecule has 230 valence electrons. The number of carbonyl (C=O) groups excluding carboxylic acids is 3. The van der Waals surface area contributed by atoms with Gasteiger partial charge in [-0.15, -0.1) is 13.2 Å². The Morgan fingerprint density at radius 1 is 1.16 bits per heavy atom. The second-order valence-electron chi connectivity index (χ2n) is 12.2. The Kier molecular flexibility index (Phi) is 8.82. The van der Waals surface area contributed by atoms with Crippen molar-refractivity contribution in [1.82, 2.24) is 4.90 Å². The van der Waals surface area contributed by atoms with Crippen molar-refractivity contribution in [2.45, 2.75) is 76.2 Å². The van der Waals surface area contributed by atoms with Gasteiger partial charge in [-0.05, 0) is 54.5 Å². The molecule has 3 heterocycles. The Bertz CT molecular complexity index is 1410. The number of fused-ring (bicyclic) bond motifs is 2. The summed E-state index contributed by atoms with van der Waals surface area (Å²) in [6.45, 7) is 13.6. The first kappa shape index (κ1) is 31.0. The van der Waals surface area contributed by atoms with Gasteiger partial charge in [-0.3, -0.25) is 14.4 Å². The van der Waals surface area contributed by atoms with Crippen LogP contribution in [0.3, 0.4) is 0 Å². The van der Waals surface area contributed by atoms with Crippen molar-refractivity contribution in [2.24, 2.45) is 17.8 Å². The summed E-state index contributed by atoms with van der Waals surface area (Å²) in [5.41, 5.74) is -1.44. The molecule has 3 aliphatic rings. The largest absolute Gasteiger partial charge is 0.465 e. The fraction of sp³-hybridized carbons (Fsp3) is 0.514. The Morgan fingerprint density at radius 3 is 2.56 bits per heavy atom. The van der Waals surface area contributed by atoms with Crippen LogP contribution in [0, 0.1) is 17.8 Å². The molecule has 2 aromatic rings. The predicted octanol–water partition coefficient (Wildman–Crippen LogP) is 5.04. The molecule has 3 aliphatic heterocycles. The number of ether oxygens (including phenoxy) is 2. The maximum Gasteiger partial charge on any atom is 0.312 e. The molecule has 0 radical (unpaired) electrons. The average Bonchev–Trinajstić information content (AvgIpc) is 3.63. The number of anilines is 1. The summed E-state index contributed by atoms with van der Waals surface area (Å²) in [6, 6.07) is 12.1. The van der Waals surface area contributed by atoms with Gasteiger partial charge >= 0.3 is 5.97 Å². The van der Waals surface area contributed by atoms with Crippen LogP contribution in [0.25, 0.3) is 10.8 Å². The van der Waals surface area contributed by atoms with Gasteiger partial charge in [0.05, 0.1) is 30.8 Å². The minimum atomic E-state index is -1.22. The van der Waals surface area contributed by atoms with Crippen LogP contribution in [0.5, 0.6) is 0 Å². The zero-order chi connectivity index (χ0) is 30.9. The lowest BCUT2D eigenvalue weighted by Crippen LogP contribution is -2.60. The van der Waals surface area contributed by atoms with E-state index in [1.807, 2.05) is 63.2 Å². The van der Waals surface area contributed by atoms with Crippen LogP contribution < -0.4 is 4.90 Å². The molecule has 0 aliphatic carbocycles. The van der Waals surface area contributed by atoms with Crippen molar-refractivity contribution in [3.05, 3.63) is 67.8 Å². The second kappa shape index (κ2) is 12.2. The summed E-state index contributed by atoms with van der Waals surface area (Å²) < 4.78 is 12.6. The maximum atomic E-state index is 15.0. The summed E-state index contributed by atoms with van der Waals surface area (Å²) in [6.07, 6.45) is 6.05. The van der Waals surface area contributed by atoms with Crippen LogP contribution in [-0.2, 0) is 23.9 Å². The number of benzene rings is 2. The first-order chi connectivity index (χ1) is 20.7. The number of hydrogen-bond acceptors (Lipinski definition) is 6. The third-order valence-corrected chi connectivity index (χ3v) is 10.1. The van der Waals surface area contributed by atoms with Gasteiger partial charge in [0.25, 0.3) is 5.91 Å². The Hall–Kier alpha value is -3.49. The van der Waals surface area contributed by atoms with Gasteiger partial charge in [0.1, 0.15) is 17.6 Å². The standard InChI is InChI=1S/C35H44N2O6/c1-6-10-20-42-33(41)29-28-31(39)37(27(22-38)23(5)8-3)30(35(28)18-17-34(29,9-4)43-35)32(40)36(19-7-2)26-16-15-24-13-11-12-14-25(24)21-26/h6-7,11-16,21,23,27-30,38H,1-2,8-10,17-20,22H2,3-5H3/t23-,27-,28-,29+,30?,34-,35?/m0/s1. The molecule has 1 N–H and O–H groups in total. The predicted molar refractivity (Wildman–Crippen MR) is 166 cm³/mol. The third-order valence-electron chi connectivity index (χ3n) is 10.1. The molecule has 5 rings (SSSR count). The lowest BCUT2D eigenvalue weighted by molar-refractivity contribution is -0.162. The smallest absolute Gasteiger partial charge is 0.312 e. The van der Waals surface area contributed by atoms with E-state index in [1.165, 1.54) is 0 Å². The van der Waals surface area contributed by atoms with Gasteiger partial charge in [0.2, 0.25) is 5.91 Å². The summed E-state index contributed by atoms with van der Waals surface area (Å²) in [5, 5.41) is 12.7. The van der Waals surface area contributed by atoms with Crippen molar-refractivity contribution >= 4 is 34.2 Å². The topological polar surface area (TPSA) is 96.4 Å². The van der Waals surface area contributed by atoms with E-state index in [0.717, 1.165) is 10.8 Å². The normalized spacial score (nSPS) is 28.9. The zero-order valence-electron chi connectivity index (χ0n) is 25.5. The number of aliphatic hydroxyl groups is 1. The average molecular weight is 589 g/mol. The van der Waals surface area contributed by atoms with Gasteiger partial charge in [0.15, 0.2) is 0 Å². The molecule has 2 amide bonds. The molecule has 2 bridgehead atoms. The molecule has 8 heteroatoms. The lowest BCUT2D eigenvalue weighted by Gasteiger charge is -2.41. The van der Waals surface area contributed by atoms with E-state index in [4.69, 9.17) is 9.47 Å². The number of nitrogens with zero attached hydrogens (tertiary/aromatic N) is 2. The Balaban J connectivity index is 1.64. The number of hydrogen-bond donors (Lipinski definition) is 1. The van der Waals surface area contributed by atoms with Gasteiger partial charge in [-0.25, -0.2) is 0 Å². The van der Waals surface area contributed by atoms with Crippen LogP contribution >= 0.6 is 0 Å². The fourth-order valence-electron chi connectivity index (χ4n) is 7.74. The summed E-state index contributed by atoms with van der Waals surface area (Å²) in [4.78, 5) is 46.5. The minimum Gasteiger partial charge on any atom is -0.465 e. The number of aliphatic hydroxyl groups excluding tert-OH is 1. The highest BCUT2D eigenvalue weighted by Gasteiger charge is 2.79. The zero-order valence-corrected chi connectivity index (χ0v) is 25.5. The molecule has 2 unspecified atom stereocenters. The summed E-state index contributed by atoms with van der Waals surface area (Å²) in [5.74, 6) is -2.92. The van der Waals surface area contributed by atoms with Gasteiger partial charge < -0.3 is 24.4 Å². The van der Waals surface area contributed by atoms with Crippen LogP contribution in [0.2, 0.25) is 0 Å². The van der Waals surface area contributed by atoms with E-state index in [9.17, 15) is 19.5 Å². The van der Waals surface area contributed by atoms with Gasteiger partial charge in [-0.1, -0.05) is 69.7 Å². The molecular weight excluding hydrogens is 544 g/mol. The first-order valence-corrected chi connectivity index (χ1v) is 15.5. The van der Waals surface area contributed by atoms with Gasteiger partial charge in [0, 0.05) is 12.2 Å². The SMILES string of the molecule is C=CCCOC(=O)[C@H]1[C@H]2C(=O)N([C@@H](CO)[C@@H](C)CC)C(C(=O)N(CC=C)c3ccc4ccccc4c3)C23CC[C@]1(CC)O3. The second-order valence-corrected chi connectivity index (χ2v) is 12.2. The third kappa shape index (κ3) is 4.89. The van der Waals surface area contributed by atoms with E-state index < -0.39 is 41.1 Å². The fourth-order valence-corrected chi connectivity index (χ4v) is 7.74. The summed E-state index contributed by atoms with van der Waals surface area (Å²) >= 11 is 0. The molecular formula is C35H44N2O6. The van der Waals surface area contributed by atoms with Gasteiger partial charge in [-0.2, -0.15) is 0 Å². The molecule has 1 spiro atoms. The van der Waals surface area contributed by atoms with E-state index >= 15 is 0 Å². The highest BCUT2D eigenvalue weighted by atomic mass is 16.6. The summed E-state index contributed by atoms with van der Waals surface area (Å²) in [7, 11) is 0.